The molecule has 0 atom stereocenters. The molecule has 0 aromatic heterocycles. The quantitative estimate of drug-likeness (QED) is 0.777. The van der Waals surface area contributed by atoms with Crippen molar-refractivity contribution in [2.75, 3.05) is 6.54 Å². The fraction of sp³-hybridized carbons (Fsp3) is 0.933. The van der Waals surface area contributed by atoms with Crippen LogP contribution in [-0.4, -0.2) is 12.5 Å². The molecule has 2 nitrogen and oxygen atoms in total. The summed E-state index contributed by atoms with van der Waals surface area (Å²) >= 11 is 0. The molecular weight excluding hydrogens is 210 g/mol. The maximum atomic E-state index is 11.8. The molecule has 2 rings (SSSR count). The monoisotopic (exact) mass is 237 g/mol. The van der Waals surface area contributed by atoms with Gasteiger partial charge in [-0.25, -0.2) is 0 Å². The smallest absolute Gasteiger partial charge is 0.220 e. The van der Waals surface area contributed by atoms with Crippen molar-refractivity contribution in [2.24, 2.45) is 11.3 Å². The molecule has 0 aliphatic heterocycles. The van der Waals surface area contributed by atoms with E-state index >= 15 is 0 Å². The van der Waals surface area contributed by atoms with E-state index in [0.29, 0.717) is 17.2 Å². The van der Waals surface area contributed by atoms with Gasteiger partial charge in [0.15, 0.2) is 0 Å². The third kappa shape index (κ3) is 4.01. The predicted molar refractivity (Wildman–Crippen MR) is 70.8 cm³/mol. The number of nitrogens with one attached hydrogen (secondary N) is 1. The lowest BCUT2D eigenvalue weighted by Gasteiger charge is -2.23. The van der Waals surface area contributed by atoms with Gasteiger partial charge in [-0.05, 0) is 43.4 Å². The predicted octanol–water partition coefficient (Wildman–Crippen LogP) is 3.65. The van der Waals surface area contributed by atoms with E-state index in [0.717, 1.165) is 13.0 Å². The summed E-state index contributed by atoms with van der Waals surface area (Å²) in [5.74, 6) is 0.968. The highest BCUT2D eigenvalue weighted by atomic mass is 16.1. The average molecular weight is 237 g/mol. The number of amides is 1. The number of carbonyl (C=O) groups excluding carboxylic acids is 1. The molecule has 2 heteroatoms. The van der Waals surface area contributed by atoms with Crippen LogP contribution < -0.4 is 5.32 Å². The van der Waals surface area contributed by atoms with E-state index in [4.69, 9.17) is 0 Å². The van der Waals surface area contributed by atoms with Crippen LogP contribution in [0.1, 0.15) is 71.1 Å². The van der Waals surface area contributed by atoms with Crippen molar-refractivity contribution in [2.45, 2.75) is 71.1 Å². The van der Waals surface area contributed by atoms with Crippen molar-refractivity contribution >= 4 is 5.91 Å². The Bertz CT molecular complexity index is 250. The van der Waals surface area contributed by atoms with Gasteiger partial charge in [0.25, 0.3) is 0 Å². The highest BCUT2D eigenvalue weighted by Crippen LogP contribution is 2.40. The molecule has 1 N–H and O–H groups in total. The van der Waals surface area contributed by atoms with E-state index in [1.165, 1.54) is 57.8 Å². The lowest BCUT2D eigenvalue weighted by molar-refractivity contribution is -0.122. The van der Waals surface area contributed by atoms with Crippen LogP contribution >= 0.6 is 0 Å². The lowest BCUT2D eigenvalue weighted by Crippen LogP contribution is -2.29. The van der Waals surface area contributed by atoms with Gasteiger partial charge in [0.05, 0.1) is 0 Å². The summed E-state index contributed by atoms with van der Waals surface area (Å²) in [6, 6.07) is 0. The van der Waals surface area contributed by atoms with Gasteiger partial charge in [0, 0.05) is 13.0 Å². The summed E-state index contributed by atoms with van der Waals surface area (Å²) in [7, 11) is 0. The second-order valence-electron chi connectivity index (χ2n) is 6.47. The fourth-order valence-electron chi connectivity index (χ4n) is 3.53. The Hall–Kier alpha value is -0.530. The first-order valence-electron chi connectivity index (χ1n) is 7.45. The van der Waals surface area contributed by atoms with E-state index in [9.17, 15) is 4.79 Å². The highest BCUT2D eigenvalue weighted by Gasteiger charge is 2.28. The number of rotatable bonds is 5. The molecule has 98 valence electrons. The molecule has 0 aromatic rings. The Balaban J connectivity index is 1.59. The third-order valence-corrected chi connectivity index (χ3v) is 4.81. The van der Waals surface area contributed by atoms with Gasteiger partial charge in [-0.15, -0.1) is 0 Å². The Kier molecular flexibility index (Phi) is 4.47. The van der Waals surface area contributed by atoms with Crippen LogP contribution in [0.25, 0.3) is 0 Å². The Morgan fingerprint density at radius 1 is 1.18 bits per heavy atom. The molecule has 1 amide bonds. The van der Waals surface area contributed by atoms with Crippen molar-refractivity contribution in [3.8, 4) is 0 Å². The zero-order valence-corrected chi connectivity index (χ0v) is 11.3. The minimum Gasteiger partial charge on any atom is -0.356 e. The zero-order chi connectivity index (χ0) is 12.1. The molecule has 0 aromatic carbocycles. The number of hydrogen-bond acceptors (Lipinski definition) is 1. The molecule has 0 bridgehead atoms. The van der Waals surface area contributed by atoms with Crippen LogP contribution in [0, 0.1) is 11.3 Å². The van der Waals surface area contributed by atoms with Gasteiger partial charge in [0.1, 0.15) is 0 Å². The first kappa shape index (κ1) is 12.9. The zero-order valence-electron chi connectivity index (χ0n) is 11.3. The highest BCUT2D eigenvalue weighted by molar-refractivity contribution is 5.76. The normalized spacial score (nSPS) is 24.1. The van der Waals surface area contributed by atoms with Gasteiger partial charge in [0.2, 0.25) is 5.91 Å². The number of hydrogen-bond donors (Lipinski definition) is 1. The van der Waals surface area contributed by atoms with Crippen LogP contribution in [-0.2, 0) is 4.79 Å². The second kappa shape index (κ2) is 5.88. The topological polar surface area (TPSA) is 29.1 Å². The molecule has 2 saturated carbocycles. The maximum absolute atomic E-state index is 11.8. The van der Waals surface area contributed by atoms with Crippen molar-refractivity contribution < 1.29 is 4.79 Å². The summed E-state index contributed by atoms with van der Waals surface area (Å²) < 4.78 is 0. The van der Waals surface area contributed by atoms with Gasteiger partial charge in [-0.3, -0.25) is 4.79 Å². The van der Waals surface area contributed by atoms with E-state index < -0.39 is 0 Å². The summed E-state index contributed by atoms with van der Waals surface area (Å²) in [6.07, 6.45) is 12.6. The second-order valence-corrected chi connectivity index (χ2v) is 6.47. The van der Waals surface area contributed by atoms with Crippen molar-refractivity contribution in [3.05, 3.63) is 0 Å². The van der Waals surface area contributed by atoms with Gasteiger partial charge < -0.3 is 5.32 Å². The molecule has 2 aliphatic rings. The average Bonchev–Trinajstić information content (AvgIpc) is 2.90. The molecule has 0 unspecified atom stereocenters. The van der Waals surface area contributed by atoms with E-state index in [2.05, 4.69) is 12.2 Å². The Labute approximate surface area is 106 Å². The summed E-state index contributed by atoms with van der Waals surface area (Å²) in [5.41, 5.74) is 0.515. The Morgan fingerprint density at radius 2 is 1.82 bits per heavy atom. The van der Waals surface area contributed by atoms with Gasteiger partial charge in [-0.2, -0.15) is 0 Å². The van der Waals surface area contributed by atoms with Crippen LogP contribution in [0.2, 0.25) is 0 Å². The lowest BCUT2D eigenvalue weighted by atomic mass is 9.85. The van der Waals surface area contributed by atoms with Crippen molar-refractivity contribution in [1.82, 2.24) is 5.32 Å². The SMILES string of the molecule is CC1(CCNC(=O)CC2CCCC2)CCCC1. The van der Waals surface area contributed by atoms with Gasteiger partial charge in [-0.1, -0.05) is 32.6 Å². The molecule has 0 radical (unpaired) electrons. The molecule has 2 fully saturated rings. The van der Waals surface area contributed by atoms with Crippen molar-refractivity contribution in [1.29, 1.82) is 0 Å². The summed E-state index contributed by atoms with van der Waals surface area (Å²) in [4.78, 5) is 11.8. The maximum Gasteiger partial charge on any atom is 0.220 e. The first-order chi connectivity index (χ1) is 8.18. The minimum absolute atomic E-state index is 0.290. The summed E-state index contributed by atoms with van der Waals surface area (Å²) in [5, 5.41) is 3.12. The van der Waals surface area contributed by atoms with Crippen LogP contribution in [0.3, 0.4) is 0 Å². The first-order valence-corrected chi connectivity index (χ1v) is 7.45. The number of carbonyl (C=O) groups is 1. The molecule has 17 heavy (non-hydrogen) atoms. The largest absolute Gasteiger partial charge is 0.356 e. The van der Waals surface area contributed by atoms with E-state index in [1.54, 1.807) is 0 Å². The molecule has 0 spiro atoms. The van der Waals surface area contributed by atoms with Crippen LogP contribution in [0.15, 0.2) is 0 Å². The van der Waals surface area contributed by atoms with E-state index in [1.807, 2.05) is 0 Å². The fourth-order valence-corrected chi connectivity index (χ4v) is 3.53. The molecule has 0 heterocycles. The summed E-state index contributed by atoms with van der Waals surface area (Å²) in [6.45, 7) is 3.27. The standard InChI is InChI=1S/C15H27NO/c1-15(8-4-5-9-15)10-11-16-14(17)12-13-6-2-3-7-13/h13H,2-12H2,1H3,(H,16,17). The minimum atomic E-state index is 0.290. The molecule has 0 saturated heterocycles. The van der Waals surface area contributed by atoms with Crippen LogP contribution in [0.5, 0.6) is 0 Å². The van der Waals surface area contributed by atoms with Crippen molar-refractivity contribution in [3.63, 3.8) is 0 Å². The van der Waals surface area contributed by atoms with E-state index in [-0.39, 0.29) is 0 Å². The molecule has 2 aliphatic carbocycles. The third-order valence-electron chi connectivity index (χ3n) is 4.81. The van der Waals surface area contributed by atoms with Gasteiger partial charge >= 0.3 is 0 Å². The molecular formula is C15H27NO. The van der Waals surface area contributed by atoms with Crippen LogP contribution in [0.4, 0.5) is 0 Å². The Morgan fingerprint density at radius 3 is 2.47 bits per heavy atom.